The Morgan fingerprint density at radius 2 is 1.75 bits per heavy atom. The minimum Gasteiger partial charge on any atom is -0.352 e. The third-order valence-corrected chi connectivity index (χ3v) is 5.25. The van der Waals surface area contributed by atoms with Crippen LogP contribution in [0.3, 0.4) is 0 Å². The monoisotopic (exact) mass is 377 g/mol. The highest BCUT2D eigenvalue weighted by Crippen LogP contribution is 2.23. The number of benzene rings is 2. The topological polar surface area (TPSA) is 46.9 Å². The summed E-state index contributed by atoms with van der Waals surface area (Å²) < 4.78 is 2.14. The number of carbonyl (C=O) groups excluding carboxylic acids is 1. The van der Waals surface area contributed by atoms with Crippen molar-refractivity contribution in [2.45, 2.75) is 59.3 Å². The van der Waals surface area contributed by atoms with Gasteiger partial charge in [0, 0.05) is 17.8 Å². The van der Waals surface area contributed by atoms with Gasteiger partial charge >= 0.3 is 0 Å². The molecule has 3 rings (SSSR count). The fourth-order valence-corrected chi connectivity index (χ4v) is 3.58. The molecule has 1 heterocycles. The molecular formula is C24H31N3O. The van der Waals surface area contributed by atoms with Gasteiger partial charge in [0.2, 0.25) is 0 Å². The zero-order chi connectivity index (χ0) is 19.9. The molecule has 3 aromatic rings. The first-order chi connectivity index (χ1) is 13.6. The average molecular weight is 378 g/mol. The number of nitrogens with zero attached hydrogens (tertiary/aromatic N) is 2. The number of carbonyl (C=O) groups is 1. The van der Waals surface area contributed by atoms with Crippen LogP contribution in [0.5, 0.6) is 0 Å². The normalized spacial score (nSPS) is 11.1. The highest BCUT2D eigenvalue weighted by molar-refractivity contribution is 5.97. The molecule has 4 heteroatoms. The lowest BCUT2D eigenvalue weighted by Crippen LogP contribution is -2.24. The average Bonchev–Trinajstić information content (AvgIpc) is 3.05. The minimum absolute atomic E-state index is 0.0168. The van der Waals surface area contributed by atoms with Crippen molar-refractivity contribution < 1.29 is 4.79 Å². The van der Waals surface area contributed by atoms with Crippen LogP contribution in [0.25, 0.3) is 16.7 Å². The van der Waals surface area contributed by atoms with Crippen molar-refractivity contribution >= 4 is 16.9 Å². The molecule has 0 saturated carbocycles. The lowest BCUT2D eigenvalue weighted by molar-refractivity contribution is 0.0953. The highest BCUT2D eigenvalue weighted by atomic mass is 16.1. The van der Waals surface area contributed by atoms with Gasteiger partial charge in [-0.05, 0) is 55.7 Å². The van der Waals surface area contributed by atoms with E-state index in [4.69, 9.17) is 0 Å². The maximum absolute atomic E-state index is 12.5. The molecule has 28 heavy (non-hydrogen) atoms. The number of fused-ring (bicyclic) bond motifs is 1. The summed E-state index contributed by atoms with van der Waals surface area (Å²) in [7, 11) is 0. The highest BCUT2D eigenvalue weighted by Gasteiger charge is 2.12. The van der Waals surface area contributed by atoms with Crippen LogP contribution >= 0.6 is 0 Å². The number of imidazole rings is 1. The molecule has 2 aromatic carbocycles. The van der Waals surface area contributed by atoms with Gasteiger partial charge in [0.05, 0.1) is 11.0 Å². The summed E-state index contributed by atoms with van der Waals surface area (Å²) in [6.07, 6.45) is 6.99. The van der Waals surface area contributed by atoms with E-state index in [-0.39, 0.29) is 5.91 Å². The van der Waals surface area contributed by atoms with Crippen molar-refractivity contribution in [2.75, 3.05) is 6.54 Å². The second kappa shape index (κ2) is 9.54. The van der Waals surface area contributed by atoms with Gasteiger partial charge in [-0.2, -0.15) is 0 Å². The van der Waals surface area contributed by atoms with Crippen LogP contribution in [0, 0.1) is 6.92 Å². The number of aromatic nitrogens is 2. The first-order valence-corrected chi connectivity index (χ1v) is 10.5. The van der Waals surface area contributed by atoms with Crippen molar-refractivity contribution in [1.29, 1.82) is 0 Å². The number of rotatable bonds is 9. The van der Waals surface area contributed by atoms with E-state index < -0.39 is 0 Å². The number of amides is 1. The van der Waals surface area contributed by atoms with Crippen LogP contribution in [0.2, 0.25) is 0 Å². The van der Waals surface area contributed by atoms with E-state index >= 15 is 0 Å². The molecule has 0 aliphatic heterocycles. The molecule has 0 radical (unpaired) electrons. The van der Waals surface area contributed by atoms with Crippen LogP contribution < -0.4 is 5.32 Å². The summed E-state index contributed by atoms with van der Waals surface area (Å²) in [6, 6.07) is 14.4. The quantitative estimate of drug-likeness (QED) is 0.494. The number of unbranched alkanes of at least 4 members (excludes halogenated alkanes) is 4. The van der Waals surface area contributed by atoms with Gasteiger partial charge in [-0.25, -0.2) is 4.98 Å². The molecule has 0 fully saturated rings. The van der Waals surface area contributed by atoms with E-state index in [0.717, 1.165) is 41.9 Å². The van der Waals surface area contributed by atoms with Crippen molar-refractivity contribution in [1.82, 2.24) is 14.9 Å². The van der Waals surface area contributed by atoms with Gasteiger partial charge in [0.15, 0.2) is 0 Å². The van der Waals surface area contributed by atoms with E-state index in [1.807, 2.05) is 25.1 Å². The second-order valence-corrected chi connectivity index (χ2v) is 7.39. The molecule has 4 nitrogen and oxygen atoms in total. The van der Waals surface area contributed by atoms with Crippen LogP contribution in [0.4, 0.5) is 0 Å². The SMILES string of the molecule is CCCCCCCNC(=O)c1ccc2c(c1)nc(C)n2-c1ccc(CC)cc1. The molecule has 1 amide bonds. The standard InChI is InChI=1S/C24H31N3O/c1-4-6-7-8-9-16-25-24(28)20-12-15-23-22(17-20)26-18(3)27(23)21-13-10-19(5-2)11-14-21/h10-15,17H,4-9,16H2,1-3H3,(H,25,28). The van der Waals surface area contributed by atoms with Crippen molar-refractivity contribution in [2.24, 2.45) is 0 Å². The Hall–Kier alpha value is -2.62. The molecule has 0 spiro atoms. The fourth-order valence-electron chi connectivity index (χ4n) is 3.58. The summed E-state index contributed by atoms with van der Waals surface area (Å²) in [6.45, 7) is 7.10. The Kier molecular flexibility index (Phi) is 6.85. The Morgan fingerprint density at radius 3 is 2.46 bits per heavy atom. The summed E-state index contributed by atoms with van der Waals surface area (Å²) in [5.74, 6) is 0.907. The van der Waals surface area contributed by atoms with Crippen molar-refractivity contribution in [3.63, 3.8) is 0 Å². The number of aryl methyl sites for hydroxylation is 2. The molecule has 0 aliphatic carbocycles. The Labute approximate surface area is 168 Å². The first kappa shape index (κ1) is 20.1. The molecule has 1 aromatic heterocycles. The summed E-state index contributed by atoms with van der Waals surface area (Å²) in [4.78, 5) is 17.2. The fraction of sp³-hybridized carbons (Fsp3) is 0.417. The second-order valence-electron chi connectivity index (χ2n) is 7.39. The van der Waals surface area contributed by atoms with Crippen molar-refractivity contribution in [3.05, 3.63) is 59.4 Å². The van der Waals surface area contributed by atoms with E-state index in [1.54, 1.807) is 0 Å². The maximum atomic E-state index is 12.5. The van der Waals surface area contributed by atoms with Crippen LogP contribution in [0.1, 0.15) is 67.7 Å². The van der Waals surface area contributed by atoms with Crippen LogP contribution in [-0.2, 0) is 6.42 Å². The molecule has 0 unspecified atom stereocenters. The lowest BCUT2D eigenvalue weighted by atomic mass is 10.1. The van der Waals surface area contributed by atoms with Crippen LogP contribution in [0.15, 0.2) is 42.5 Å². The molecule has 1 N–H and O–H groups in total. The van der Waals surface area contributed by atoms with E-state index in [9.17, 15) is 4.79 Å². The van der Waals surface area contributed by atoms with Crippen molar-refractivity contribution in [3.8, 4) is 5.69 Å². The molecule has 0 atom stereocenters. The van der Waals surface area contributed by atoms with E-state index in [0.29, 0.717) is 5.56 Å². The molecule has 0 aliphatic rings. The van der Waals surface area contributed by atoms with E-state index in [1.165, 1.54) is 31.2 Å². The zero-order valence-electron chi connectivity index (χ0n) is 17.3. The summed E-state index contributed by atoms with van der Waals surface area (Å²) >= 11 is 0. The van der Waals surface area contributed by atoms with E-state index in [2.05, 4.69) is 53.0 Å². The largest absolute Gasteiger partial charge is 0.352 e. The molecule has 148 valence electrons. The summed E-state index contributed by atoms with van der Waals surface area (Å²) in [5.41, 5.74) is 4.97. The molecule has 0 saturated heterocycles. The third-order valence-electron chi connectivity index (χ3n) is 5.25. The van der Waals surface area contributed by atoms with Gasteiger partial charge in [0.1, 0.15) is 5.82 Å². The Balaban J connectivity index is 1.73. The smallest absolute Gasteiger partial charge is 0.251 e. The van der Waals surface area contributed by atoms with Gasteiger partial charge in [-0.3, -0.25) is 9.36 Å². The van der Waals surface area contributed by atoms with Gasteiger partial charge in [-0.15, -0.1) is 0 Å². The predicted molar refractivity (Wildman–Crippen MR) is 116 cm³/mol. The number of hydrogen-bond donors (Lipinski definition) is 1. The lowest BCUT2D eigenvalue weighted by Gasteiger charge is -2.08. The van der Waals surface area contributed by atoms with Gasteiger partial charge in [-0.1, -0.05) is 51.7 Å². The number of nitrogens with one attached hydrogen (secondary N) is 1. The molecular weight excluding hydrogens is 346 g/mol. The molecule has 0 bridgehead atoms. The summed E-state index contributed by atoms with van der Waals surface area (Å²) in [5, 5.41) is 3.03. The maximum Gasteiger partial charge on any atom is 0.251 e. The Bertz CT molecular complexity index is 925. The minimum atomic E-state index is -0.0168. The van der Waals surface area contributed by atoms with Crippen LogP contribution in [-0.4, -0.2) is 22.0 Å². The zero-order valence-corrected chi connectivity index (χ0v) is 17.3. The van der Waals surface area contributed by atoms with Gasteiger partial charge < -0.3 is 5.32 Å². The first-order valence-electron chi connectivity index (χ1n) is 10.5. The van der Waals surface area contributed by atoms with Gasteiger partial charge in [0.25, 0.3) is 5.91 Å². The third kappa shape index (κ3) is 4.61. The predicted octanol–water partition coefficient (Wildman–Crippen LogP) is 5.60. The number of hydrogen-bond acceptors (Lipinski definition) is 2. The Morgan fingerprint density at radius 1 is 1.00 bits per heavy atom.